The van der Waals surface area contributed by atoms with Crippen molar-refractivity contribution in [2.24, 2.45) is 4.99 Å². The molecule has 1 aromatic carbocycles. The quantitative estimate of drug-likeness (QED) is 0.914. The van der Waals surface area contributed by atoms with Gasteiger partial charge in [-0.3, -0.25) is 5.32 Å². The van der Waals surface area contributed by atoms with Gasteiger partial charge < -0.3 is 9.47 Å². The van der Waals surface area contributed by atoms with E-state index in [2.05, 4.69) is 26.2 Å². The Morgan fingerprint density at radius 1 is 1.55 bits per heavy atom. The molecule has 0 fully saturated rings. The van der Waals surface area contributed by atoms with Crippen molar-refractivity contribution in [2.45, 2.75) is 32.4 Å². The number of anilines is 1. The molecule has 0 aliphatic carbocycles. The number of nitrogens with one attached hydrogen (secondary N) is 1. The zero-order valence-electron chi connectivity index (χ0n) is 11.6. The van der Waals surface area contributed by atoms with Crippen LogP contribution in [0.2, 0.25) is 0 Å². The molecule has 0 radical (unpaired) electrons. The first-order valence-corrected chi connectivity index (χ1v) is 7.11. The predicted molar refractivity (Wildman–Crippen MR) is 81.2 cm³/mol. The van der Waals surface area contributed by atoms with Crippen molar-refractivity contribution >= 4 is 33.6 Å². The van der Waals surface area contributed by atoms with Gasteiger partial charge in [0, 0.05) is 10.2 Å². The monoisotopic (exact) mass is 340 g/mol. The highest BCUT2D eigenvalue weighted by Gasteiger charge is 2.30. The van der Waals surface area contributed by atoms with Crippen LogP contribution in [0.1, 0.15) is 20.8 Å². The maximum atomic E-state index is 11.8. The summed E-state index contributed by atoms with van der Waals surface area (Å²) >= 11 is 3.34. The molecule has 0 saturated heterocycles. The van der Waals surface area contributed by atoms with Gasteiger partial charge in [-0.15, -0.1) is 0 Å². The fraction of sp³-hybridized carbons (Fsp3) is 0.429. The van der Waals surface area contributed by atoms with Gasteiger partial charge in [0.15, 0.2) is 6.10 Å². The molecule has 1 aromatic rings. The zero-order chi connectivity index (χ0) is 14.8. The first-order valence-electron chi connectivity index (χ1n) is 6.31. The molecule has 1 atom stereocenters. The van der Waals surface area contributed by atoms with E-state index in [1.165, 1.54) is 0 Å². The topological polar surface area (TPSA) is 59.9 Å². The van der Waals surface area contributed by atoms with E-state index < -0.39 is 12.2 Å². The lowest BCUT2D eigenvalue weighted by atomic mass is 10.1. The Bertz CT molecular complexity index is 543. The molecule has 1 unspecified atom stereocenters. The van der Waals surface area contributed by atoms with Crippen molar-refractivity contribution < 1.29 is 14.3 Å². The summed E-state index contributed by atoms with van der Waals surface area (Å²) in [6, 6.07) is 7.28. The number of amides is 1. The Kier molecular flexibility index (Phi) is 4.32. The third-order valence-corrected chi connectivity index (χ3v) is 3.18. The molecule has 6 heteroatoms. The highest BCUT2D eigenvalue weighted by Crippen LogP contribution is 2.20. The number of halogens is 1. The van der Waals surface area contributed by atoms with E-state index in [9.17, 15) is 4.79 Å². The molecule has 1 N–H and O–H groups in total. The van der Waals surface area contributed by atoms with Gasteiger partial charge in [-0.2, -0.15) is 0 Å². The minimum absolute atomic E-state index is 0.256. The second-order valence-electron chi connectivity index (χ2n) is 5.23. The number of hydrogen-bond acceptors (Lipinski definition) is 4. The third kappa shape index (κ3) is 3.96. The molecule has 0 aromatic heterocycles. The molecule has 20 heavy (non-hydrogen) atoms. The first kappa shape index (κ1) is 14.8. The van der Waals surface area contributed by atoms with Gasteiger partial charge >= 0.3 is 6.09 Å². The van der Waals surface area contributed by atoms with Crippen LogP contribution in [0.3, 0.4) is 0 Å². The minimum atomic E-state index is -0.536. The summed E-state index contributed by atoms with van der Waals surface area (Å²) in [6.07, 6.45) is -1.05. The number of rotatable bonds is 3. The SMILES string of the molecule is CC(OC(=O)Nc1cccc(Br)c1)C1=NC(C)(C)CO1. The maximum Gasteiger partial charge on any atom is 0.412 e. The Morgan fingerprint density at radius 2 is 2.30 bits per heavy atom. The van der Waals surface area contributed by atoms with Crippen LogP contribution < -0.4 is 5.32 Å². The van der Waals surface area contributed by atoms with Crippen molar-refractivity contribution in [2.75, 3.05) is 11.9 Å². The second-order valence-corrected chi connectivity index (χ2v) is 6.15. The molecule has 0 spiro atoms. The highest BCUT2D eigenvalue weighted by atomic mass is 79.9. The highest BCUT2D eigenvalue weighted by molar-refractivity contribution is 9.10. The Labute approximate surface area is 126 Å². The average molecular weight is 341 g/mol. The molecule has 108 valence electrons. The largest absolute Gasteiger partial charge is 0.476 e. The van der Waals surface area contributed by atoms with Gasteiger partial charge in [0.25, 0.3) is 0 Å². The normalized spacial score (nSPS) is 17.9. The van der Waals surface area contributed by atoms with E-state index in [0.717, 1.165) is 4.47 Å². The number of carbonyl (C=O) groups excluding carboxylic acids is 1. The molecular formula is C14H17BrN2O3. The average Bonchev–Trinajstić information content (AvgIpc) is 2.69. The van der Waals surface area contributed by atoms with E-state index in [1.807, 2.05) is 26.0 Å². The van der Waals surface area contributed by atoms with Gasteiger partial charge in [0.05, 0.1) is 5.54 Å². The van der Waals surface area contributed by atoms with E-state index >= 15 is 0 Å². The second kappa shape index (κ2) is 5.83. The molecule has 1 amide bonds. The summed E-state index contributed by atoms with van der Waals surface area (Å²) in [5.74, 6) is 0.458. The first-order chi connectivity index (χ1) is 9.35. The number of carbonyl (C=O) groups is 1. The number of nitrogens with zero attached hydrogens (tertiary/aromatic N) is 1. The molecule has 0 bridgehead atoms. The van der Waals surface area contributed by atoms with Crippen LogP contribution in [0.4, 0.5) is 10.5 Å². The number of benzene rings is 1. The number of aliphatic imine (C=N–C) groups is 1. The van der Waals surface area contributed by atoms with E-state index in [1.54, 1.807) is 19.1 Å². The van der Waals surface area contributed by atoms with Crippen molar-refractivity contribution in [3.05, 3.63) is 28.7 Å². The molecule has 0 saturated carbocycles. The predicted octanol–water partition coefficient (Wildman–Crippen LogP) is 3.59. The Morgan fingerprint density at radius 3 is 2.90 bits per heavy atom. The van der Waals surface area contributed by atoms with Crippen LogP contribution in [0.15, 0.2) is 33.7 Å². The number of hydrogen-bond donors (Lipinski definition) is 1. The van der Waals surface area contributed by atoms with Gasteiger partial charge in [-0.25, -0.2) is 9.79 Å². The minimum Gasteiger partial charge on any atom is -0.476 e. The molecule has 5 nitrogen and oxygen atoms in total. The van der Waals surface area contributed by atoms with Crippen LogP contribution in [0, 0.1) is 0 Å². The fourth-order valence-electron chi connectivity index (χ4n) is 1.75. The fourth-order valence-corrected chi connectivity index (χ4v) is 2.15. The molecule has 1 aliphatic heterocycles. The van der Waals surface area contributed by atoms with Crippen molar-refractivity contribution in [3.8, 4) is 0 Å². The Balaban J connectivity index is 1.92. The molecule has 1 aliphatic rings. The van der Waals surface area contributed by atoms with Crippen molar-refractivity contribution in [1.82, 2.24) is 0 Å². The summed E-state index contributed by atoms with van der Waals surface area (Å²) < 4.78 is 11.6. The van der Waals surface area contributed by atoms with Crippen LogP contribution in [-0.2, 0) is 9.47 Å². The lowest BCUT2D eigenvalue weighted by molar-refractivity contribution is 0.135. The third-order valence-electron chi connectivity index (χ3n) is 2.69. The van der Waals surface area contributed by atoms with Gasteiger partial charge in [-0.1, -0.05) is 22.0 Å². The summed E-state index contributed by atoms with van der Waals surface area (Å²) in [7, 11) is 0. The van der Waals surface area contributed by atoms with Crippen molar-refractivity contribution in [3.63, 3.8) is 0 Å². The Hall–Kier alpha value is -1.56. The van der Waals surface area contributed by atoms with Crippen LogP contribution in [-0.4, -0.2) is 30.2 Å². The van der Waals surface area contributed by atoms with Gasteiger partial charge in [0.1, 0.15) is 6.61 Å². The number of ether oxygens (including phenoxy) is 2. The molecule has 1 heterocycles. The maximum absolute atomic E-state index is 11.8. The van der Waals surface area contributed by atoms with Crippen LogP contribution >= 0.6 is 15.9 Å². The molecular weight excluding hydrogens is 324 g/mol. The summed E-state index contributed by atoms with van der Waals surface area (Å²) in [5.41, 5.74) is 0.402. The van der Waals surface area contributed by atoms with E-state index in [-0.39, 0.29) is 5.54 Å². The van der Waals surface area contributed by atoms with Gasteiger partial charge in [0.2, 0.25) is 5.90 Å². The van der Waals surface area contributed by atoms with Gasteiger partial charge in [-0.05, 0) is 39.0 Å². The van der Waals surface area contributed by atoms with Crippen molar-refractivity contribution in [1.29, 1.82) is 0 Å². The van der Waals surface area contributed by atoms with Crippen LogP contribution in [0.5, 0.6) is 0 Å². The van der Waals surface area contributed by atoms with E-state index in [4.69, 9.17) is 9.47 Å². The summed E-state index contributed by atoms with van der Waals surface area (Å²) in [5, 5.41) is 2.66. The lowest BCUT2D eigenvalue weighted by Crippen LogP contribution is -2.27. The smallest absolute Gasteiger partial charge is 0.412 e. The lowest BCUT2D eigenvalue weighted by Gasteiger charge is -2.13. The summed E-state index contributed by atoms with van der Waals surface area (Å²) in [4.78, 5) is 16.2. The standard InChI is InChI=1S/C14H17BrN2O3/c1-9(12-17-14(2,3)8-19-12)20-13(18)16-11-6-4-5-10(15)7-11/h4-7,9H,8H2,1-3H3,(H,16,18). The zero-order valence-corrected chi connectivity index (χ0v) is 13.2. The molecule has 2 rings (SSSR count). The van der Waals surface area contributed by atoms with E-state index in [0.29, 0.717) is 18.2 Å². The summed E-state index contributed by atoms with van der Waals surface area (Å²) in [6.45, 7) is 6.17. The van der Waals surface area contributed by atoms with Crippen LogP contribution in [0.25, 0.3) is 0 Å².